The minimum atomic E-state index is -3.53. The summed E-state index contributed by atoms with van der Waals surface area (Å²) in [4.78, 5) is 16.3. The van der Waals surface area contributed by atoms with Crippen LogP contribution in [-0.4, -0.2) is 55.8 Å². The van der Waals surface area contributed by atoms with Crippen molar-refractivity contribution in [2.24, 2.45) is 0 Å². The predicted molar refractivity (Wildman–Crippen MR) is 113 cm³/mol. The van der Waals surface area contributed by atoms with Crippen LogP contribution in [0.5, 0.6) is 0 Å². The van der Waals surface area contributed by atoms with E-state index in [1.807, 2.05) is 25.1 Å². The van der Waals surface area contributed by atoms with E-state index >= 15 is 0 Å². The standard InChI is InChI=1S/C22H27N3O3S/c1-17-14-20-15-21(8-9-22(20)25(17)18(2)26)29(27,28)24-12-10-23(11-13-24)16-19-6-4-3-5-7-19/h3-9,15,17H,10-14,16H2,1-2H3/t17-/m1/s1. The molecule has 2 aromatic rings. The van der Waals surface area contributed by atoms with Crippen LogP contribution in [0.1, 0.15) is 25.0 Å². The van der Waals surface area contributed by atoms with Crippen LogP contribution in [0.3, 0.4) is 0 Å². The molecule has 6 nitrogen and oxygen atoms in total. The summed E-state index contributed by atoms with van der Waals surface area (Å²) < 4.78 is 27.9. The Morgan fingerprint density at radius 2 is 1.72 bits per heavy atom. The second kappa shape index (κ2) is 7.89. The number of nitrogens with zero attached hydrogens (tertiary/aromatic N) is 3. The summed E-state index contributed by atoms with van der Waals surface area (Å²) in [5, 5.41) is 0. The zero-order valence-corrected chi connectivity index (χ0v) is 17.7. The molecule has 0 spiro atoms. The van der Waals surface area contributed by atoms with Crippen LogP contribution in [0.4, 0.5) is 5.69 Å². The van der Waals surface area contributed by atoms with Crippen molar-refractivity contribution < 1.29 is 13.2 Å². The van der Waals surface area contributed by atoms with Gasteiger partial charge in [-0.2, -0.15) is 4.31 Å². The van der Waals surface area contributed by atoms with E-state index in [0.717, 1.165) is 17.8 Å². The maximum absolute atomic E-state index is 13.2. The second-order valence-electron chi connectivity index (χ2n) is 7.90. The smallest absolute Gasteiger partial charge is 0.243 e. The zero-order valence-electron chi connectivity index (χ0n) is 16.9. The van der Waals surface area contributed by atoms with Crippen molar-refractivity contribution in [2.45, 2.75) is 37.8 Å². The van der Waals surface area contributed by atoms with Gasteiger partial charge in [-0.1, -0.05) is 30.3 Å². The molecule has 7 heteroatoms. The van der Waals surface area contributed by atoms with Crippen molar-refractivity contribution in [3.05, 3.63) is 59.7 Å². The minimum absolute atomic E-state index is 0.0126. The maximum Gasteiger partial charge on any atom is 0.243 e. The Hall–Kier alpha value is -2.22. The largest absolute Gasteiger partial charge is 0.309 e. The van der Waals surface area contributed by atoms with Gasteiger partial charge in [0.05, 0.1) is 4.90 Å². The van der Waals surface area contributed by atoms with Crippen molar-refractivity contribution in [3.63, 3.8) is 0 Å². The average Bonchev–Trinajstić information content (AvgIpc) is 3.04. The van der Waals surface area contributed by atoms with Gasteiger partial charge in [0.1, 0.15) is 0 Å². The molecule has 4 rings (SSSR count). The highest BCUT2D eigenvalue weighted by Gasteiger charge is 2.33. The molecular formula is C22H27N3O3S. The van der Waals surface area contributed by atoms with Crippen LogP contribution in [0, 0.1) is 0 Å². The number of rotatable bonds is 4. The fourth-order valence-corrected chi connectivity index (χ4v) is 5.84. The summed E-state index contributed by atoms with van der Waals surface area (Å²) in [5.74, 6) is -0.0126. The van der Waals surface area contributed by atoms with Gasteiger partial charge in [0.15, 0.2) is 0 Å². The molecule has 2 aliphatic heterocycles. The molecule has 0 bridgehead atoms. The molecule has 2 aliphatic rings. The van der Waals surface area contributed by atoms with Crippen LogP contribution in [-0.2, 0) is 27.8 Å². The lowest BCUT2D eigenvalue weighted by molar-refractivity contribution is -0.116. The number of sulfonamides is 1. The minimum Gasteiger partial charge on any atom is -0.309 e. The number of piperazine rings is 1. The number of fused-ring (bicyclic) bond motifs is 1. The highest BCUT2D eigenvalue weighted by Crippen LogP contribution is 2.34. The summed E-state index contributed by atoms with van der Waals surface area (Å²) >= 11 is 0. The molecule has 1 atom stereocenters. The van der Waals surface area contributed by atoms with E-state index < -0.39 is 10.0 Å². The summed E-state index contributed by atoms with van der Waals surface area (Å²) in [6.07, 6.45) is 0.684. The molecule has 2 aromatic carbocycles. The van der Waals surface area contributed by atoms with Crippen LogP contribution in [0.2, 0.25) is 0 Å². The third-order valence-electron chi connectivity index (χ3n) is 5.82. The third kappa shape index (κ3) is 3.95. The lowest BCUT2D eigenvalue weighted by Crippen LogP contribution is -2.48. The zero-order chi connectivity index (χ0) is 20.6. The molecule has 0 aromatic heterocycles. The number of anilines is 1. The number of hydrogen-bond acceptors (Lipinski definition) is 4. The first-order chi connectivity index (χ1) is 13.9. The Labute approximate surface area is 172 Å². The Balaban J connectivity index is 1.46. The number of benzene rings is 2. The van der Waals surface area contributed by atoms with Gasteiger partial charge in [0, 0.05) is 51.4 Å². The Bertz CT molecular complexity index is 999. The fourth-order valence-electron chi connectivity index (χ4n) is 4.37. The van der Waals surface area contributed by atoms with Gasteiger partial charge in [0.25, 0.3) is 0 Å². The molecule has 2 heterocycles. The Morgan fingerprint density at radius 1 is 1.03 bits per heavy atom. The van der Waals surface area contributed by atoms with Gasteiger partial charge in [-0.3, -0.25) is 9.69 Å². The Kier molecular flexibility index (Phi) is 5.46. The molecule has 154 valence electrons. The van der Waals surface area contributed by atoms with Gasteiger partial charge in [-0.25, -0.2) is 8.42 Å². The van der Waals surface area contributed by atoms with E-state index in [1.54, 1.807) is 34.3 Å². The van der Waals surface area contributed by atoms with Crippen molar-refractivity contribution in [3.8, 4) is 0 Å². The maximum atomic E-state index is 13.2. The second-order valence-corrected chi connectivity index (χ2v) is 9.84. The fraction of sp³-hybridized carbons (Fsp3) is 0.409. The number of carbonyl (C=O) groups is 1. The molecule has 0 aliphatic carbocycles. The monoisotopic (exact) mass is 413 g/mol. The normalized spacial score (nSPS) is 20.6. The van der Waals surface area contributed by atoms with E-state index in [1.165, 1.54) is 5.56 Å². The summed E-state index contributed by atoms with van der Waals surface area (Å²) in [7, 11) is -3.53. The van der Waals surface area contributed by atoms with Crippen molar-refractivity contribution >= 4 is 21.6 Å². The van der Waals surface area contributed by atoms with Gasteiger partial charge in [-0.05, 0) is 42.7 Å². The summed E-state index contributed by atoms with van der Waals surface area (Å²) in [6, 6.07) is 15.5. The molecule has 1 fully saturated rings. The molecule has 0 N–H and O–H groups in total. The van der Waals surface area contributed by atoms with Crippen LogP contribution < -0.4 is 4.90 Å². The molecular weight excluding hydrogens is 386 g/mol. The molecule has 1 saturated heterocycles. The Morgan fingerprint density at radius 3 is 2.38 bits per heavy atom. The van der Waals surface area contributed by atoms with E-state index in [-0.39, 0.29) is 11.9 Å². The van der Waals surface area contributed by atoms with Crippen molar-refractivity contribution in [1.29, 1.82) is 0 Å². The first-order valence-electron chi connectivity index (χ1n) is 10.1. The molecule has 0 radical (unpaired) electrons. The topological polar surface area (TPSA) is 60.9 Å². The first kappa shape index (κ1) is 20.1. The highest BCUT2D eigenvalue weighted by atomic mass is 32.2. The lowest BCUT2D eigenvalue weighted by atomic mass is 10.1. The SMILES string of the molecule is CC(=O)N1c2ccc(S(=O)(=O)N3CCN(Cc4ccccc4)CC3)cc2C[C@H]1C. The van der Waals surface area contributed by atoms with E-state index in [2.05, 4.69) is 17.0 Å². The summed E-state index contributed by atoms with van der Waals surface area (Å²) in [5.41, 5.74) is 3.00. The van der Waals surface area contributed by atoms with E-state index in [0.29, 0.717) is 37.5 Å². The van der Waals surface area contributed by atoms with Gasteiger partial charge < -0.3 is 4.90 Å². The quantitative estimate of drug-likeness (QED) is 0.773. The lowest BCUT2D eigenvalue weighted by Gasteiger charge is -2.34. The van der Waals surface area contributed by atoms with Crippen LogP contribution in [0.15, 0.2) is 53.4 Å². The van der Waals surface area contributed by atoms with Gasteiger partial charge in [-0.15, -0.1) is 0 Å². The van der Waals surface area contributed by atoms with Gasteiger partial charge in [0.2, 0.25) is 15.9 Å². The molecule has 29 heavy (non-hydrogen) atoms. The predicted octanol–water partition coefficient (Wildman–Crippen LogP) is 2.49. The van der Waals surface area contributed by atoms with Gasteiger partial charge >= 0.3 is 0 Å². The molecule has 0 saturated carbocycles. The summed E-state index contributed by atoms with van der Waals surface area (Å²) in [6.45, 7) is 6.78. The highest BCUT2D eigenvalue weighted by molar-refractivity contribution is 7.89. The first-order valence-corrected chi connectivity index (χ1v) is 11.5. The third-order valence-corrected chi connectivity index (χ3v) is 7.72. The molecule has 1 amide bonds. The van der Waals surface area contributed by atoms with Crippen LogP contribution >= 0.6 is 0 Å². The van der Waals surface area contributed by atoms with Crippen molar-refractivity contribution in [2.75, 3.05) is 31.1 Å². The van der Waals surface area contributed by atoms with E-state index in [4.69, 9.17) is 0 Å². The van der Waals surface area contributed by atoms with E-state index in [9.17, 15) is 13.2 Å². The average molecular weight is 414 g/mol. The number of carbonyl (C=O) groups excluding carboxylic acids is 1. The number of hydrogen-bond donors (Lipinski definition) is 0. The van der Waals surface area contributed by atoms with Crippen molar-refractivity contribution in [1.82, 2.24) is 9.21 Å². The number of amides is 1. The molecule has 0 unspecified atom stereocenters. The van der Waals surface area contributed by atoms with Crippen LogP contribution in [0.25, 0.3) is 0 Å².